The molecule has 104 valence electrons. The Balaban J connectivity index is 1.99. The number of amides is 2. The first-order valence-electron chi connectivity index (χ1n) is 5.88. The second-order valence-electron chi connectivity index (χ2n) is 4.39. The van der Waals surface area contributed by atoms with Gasteiger partial charge in [-0.3, -0.25) is 9.69 Å². The third-order valence-electron chi connectivity index (χ3n) is 2.85. The van der Waals surface area contributed by atoms with Gasteiger partial charge in [0.1, 0.15) is 12.3 Å². The van der Waals surface area contributed by atoms with E-state index in [1.165, 1.54) is 17.9 Å². The molecule has 0 radical (unpaired) electrons. The molecule has 0 aromatic heterocycles. The third-order valence-corrected chi connectivity index (χ3v) is 3.66. The Labute approximate surface area is 118 Å². The van der Waals surface area contributed by atoms with Crippen molar-refractivity contribution < 1.29 is 18.7 Å². The fraction of sp³-hybridized carbons (Fsp3) is 0.500. The number of nitrogens with one attached hydrogen (secondary N) is 1. The van der Waals surface area contributed by atoms with Crippen molar-refractivity contribution in [1.29, 1.82) is 0 Å². The van der Waals surface area contributed by atoms with Crippen LogP contribution in [0, 0.1) is 0 Å². The molecule has 19 heavy (non-hydrogen) atoms. The van der Waals surface area contributed by atoms with E-state index in [0.29, 0.717) is 12.2 Å². The molecule has 2 aliphatic rings. The topological polar surface area (TPSA) is 58.6 Å². The van der Waals surface area contributed by atoms with Gasteiger partial charge in [-0.15, -0.1) is 0 Å². The van der Waals surface area contributed by atoms with E-state index in [1.54, 1.807) is 12.2 Å². The molecule has 2 unspecified atom stereocenters. The molecule has 1 saturated heterocycles. The summed E-state index contributed by atoms with van der Waals surface area (Å²) in [4.78, 5) is 23.5. The van der Waals surface area contributed by atoms with Crippen LogP contribution in [0.3, 0.4) is 0 Å². The fourth-order valence-electron chi connectivity index (χ4n) is 1.88. The van der Waals surface area contributed by atoms with E-state index in [0.717, 1.165) is 0 Å². The number of nitrogens with zero attached hydrogens (tertiary/aromatic N) is 1. The molecular weight excluding hydrogens is 319 g/mol. The minimum absolute atomic E-state index is 0.183. The van der Waals surface area contributed by atoms with Crippen LogP contribution in [-0.4, -0.2) is 47.1 Å². The fourth-order valence-corrected chi connectivity index (χ4v) is 2.19. The van der Waals surface area contributed by atoms with Crippen molar-refractivity contribution in [2.24, 2.45) is 0 Å². The van der Waals surface area contributed by atoms with Gasteiger partial charge in [-0.05, 0) is 12.2 Å². The lowest BCUT2D eigenvalue weighted by Gasteiger charge is -2.20. The van der Waals surface area contributed by atoms with Crippen LogP contribution in [0.25, 0.3) is 0 Å². The van der Waals surface area contributed by atoms with Crippen LogP contribution in [-0.2, 0) is 9.53 Å². The second-order valence-corrected chi connectivity index (χ2v) is 5.45. The zero-order valence-corrected chi connectivity index (χ0v) is 11.9. The number of halogens is 2. The molecule has 1 aliphatic carbocycles. The number of ether oxygens (including phenoxy) is 1. The van der Waals surface area contributed by atoms with Crippen molar-refractivity contribution in [3.63, 3.8) is 0 Å². The first-order chi connectivity index (χ1) is 8.97. The van der Waals surface area contributed by atoms with Crippen LogP contribution in [0.1, 0.15) is 6.92 Å². The summed E-state index contributed by atoms with van der Waals surface area (Å²) < 4.78 is 18.7. The van der Waals surface area contributed by atoms with Crippen LogP contribution >= 0.6 is 15.9 Å². The highest BCUT2D eigenvalue weighted by Gasteiger charge is 2.34. The van der Waals surface area contributed by atoms with Gasteiger partial charge in [0.15, 0.2) is 0 Å². The lowest BCUT2D eigenvalue weighted by Crippen LogP contribution is -2.33. The van der Waals surface area contributed by atoms with Gasteiger partial charge in [-0.2, -0.15) is 0 Å². The highest BCUT2D eigenvalue weighted by molar-refractivity contribution is 9.09. The molecule has 0 spiro atoms. The van der Waals surface area contributed by atoms with Crippen LogP contribution in [0.2, 0.25) is 0 Å². The largest absolute Gasteiger partial charge is 0.442 e. The number of hydrogen-bond donors (Lipinski definition) is 1. The molecule has 3 atom stereocenters. The summed E-state index contributed by atoms with van der Waals surface area (Å²) in [5.74, 6) is -0.183. The maximum atomic E-state index is 13.5. The molecule has 2 rings (SSSR count). The molecule has 1 fully saturated rings. The minimum atomic E-state index is -1.18. The monoisotopic (exact) mass is 332 g/mol. The van der Waals surface area contributed by atoms with Gasteiger partial charge in [0, 0.05) is 12.6 Å². The number of rotatable bonds is 3. The van der Waals surface area contributed by atoms with Crippen molar-refractivity contribution in [3.05, 3.63) is 23.9 Å². The normalized spacial score (nSPS) is 30.1. The van der Waals surface area contributed by atoms with Gasteiger partial charge in [0.2, 0.25) is 5.91 Å². The zero-order chi connectivity index (χ0) is 14.0. The Bertz CT molecular complexity index is 452. The van der Waals surface area contributed by atoms with E-state index >= 15 is 0 Å². The molecule has 0 aromatic carbocycles. The molecule has 1 N–H and O–H groups in total. The number of alkyl halides is 2. The molecule has 0 bridgehead atoms. The summed E-state index contributed by atoms with van der Waals surface area (Å²) in [7, 11) is 0. The van der Waals surface area contributed by atoms with Gasteiger partial charge < -0.3 is 10.1 Å². The molecular formula is C12H14BrFN2O3. The maximum Gasteiger partial charge on any atom is 0.414 e. The third kappa shape index (κ3) is 3.34. The average Bonchev–Trinajstić information content (AvgIpc) is 2.72. The molecule has 1 heterocycles. The SMILES string of the molecule is CC(=O)NC[C@H]1CN(C2=CC(F)C(Br)C=C2)C(=O)O1. The average molecular weight is 333 g/mol. The van der Waals surface area contributed by atoms with E-state index in [-0.39, 0.29) is 17.3 Å². The van der Waals surface area contributed by atoms with Crippen LogP contribution in [0.5, 0.6) is 0 Å². The Kier molecular flexibility index (Phi) is 4.24. The molecule has 2 amide bonds. The van der Waals surface area contributed by atoms with E-state index in [9.17, 15) is 14.0 Å². The van der Waals surface area contributed by atoms with Crippen molar-refractivity contribution in [3.8, 4) is 0 Å². The van der Waals surface area contributed by atoms with Gasteiger partial charge in [-0.1, -0.05) is 22.0 Å². The lowest BCUT2D eigenvalue weighted by atomic mass is 10.1. The number of cyclic esters (lactones) is 1. The van der Waals surface area contributed by atoms with Gasteiger partial charge in [-0.25, -0.2) is 9.18 Å². The van der Waals surface area contributed by atoms with Crippen LogP contribution < -0.4 is 5.32 Å². The summed E-state index contributed by atoms with van der Waals surface area (Å²) in [5, 5.41) is 2.59. The second kappa shape index (κ2) is 5.73. The summed E-state index contributed by atoms with van der Waals surface area (Å²) in [6, 6.07) is 0. The van der Waals surface area contributed by atoms with Gasteiger partial charge in [0.25, 0.3) is 0 Å². The quantitative estimate of drug-likeness (QED) is 0.797. The number of allylic oxidation sites excluding steroid dienone is 3. The highest BCUT2D eigenvalue weighted by Crippen LogP contribution is 2.25. The molecule has 0 saturated carbocycles. The minimum Gasteiger partial charge on any atom is -0.442 e. The summed E-state index contributed by atoms with van der Waals surface area (Å²) in [6.45, 7) is 1.95. The Morgan fingerprint density at radius 3 is 3.05 bits per heavy atom. The standard InChI is InChI=1S/C12H14BrFN2O3/c1-7(17)15-5-9-6-16(12(18)19-9)8-2-3-10(13)11(14)4-8/h2-4,9-11H,5-6H2,1H3,(H,15,17)/t9-,10?,11?/m0/s1. The lowest BCUT2D eigenvalue weighted by molar-refractivity contribution is -0.119. The molecule has 0 aromatic rings. The van der Waals surface area contributed by atoms with Crippen LogP contribution in [0.15, 0.2) is 23.9 Å². The predicted octanol–water partition coefficient (Wildman–Crippen LogP) is 1.50. The Morgan fingerprint density at radius 1 is 1.68 bits per heavy atom. The van der Waals surface area contributed by atoms with E-state index in [4.69, 9.17) is 4.74 Å². The highest BCUT2D eigenvalue weighted by atomic mass is 79.9. The van der Waals surface area contributed by atoms with Gasteiger partial charge >= 0.3 is 6.09 Å². The Hall–Kier alpha value is -1.37. The van der Waals surface area contributed by atoms with E-state index in [1.807, 2.05) is 0 Å². The van der Waals surface area contributed by atoms with Crippen molar-refractivity contribution in [1.82, 2.24) is 10.2 Å². The number of carbonyl (C=O) groups excluding carboxylic acids is 2. The summed E-state index contributed by atoms with van der Waals surface area (Å²) >= 11 is 3.17. The number of hydrogen-bond acceptors (Lipinski definition) is 3. The summed E-state index contributed by atoms with van der Waals surface area (Å²) in [5.41, 5.74) is 0.485. The smallest absolute Gasteiger partial charge is 0.414 e. The molecule has 1 aliphatic heterocycles. The zero-order valence-electron chi connectivity index (χ0n) is 10.3. The van der Waals surface area contributed by atoms with E-state index < -0.39 is 18.4 Å². The number of carbonyl (C=O) groups is 2. The van der Waals surface area contributed by atoms with Crippen LogP contribution in [0.4, 0.5) is 9.18 Å². The van der Waals surface area contributed by atoms with Crippen molar-refractivity contribution in [2.75, 3.05) is 13.1 Å². The Morgan fingerprint density at radius 2 is 2.42 bits per heavy atom. The first-order valence-corrected chi connectivity index (χ1v) is 6.79. The van der Waals surface area contributed by atoms with Crippen molar-refractivity contribution >= 4 is 27.9 Å². The van der Waals surface area contributed by atoms with Gasteiger partial charge in [0.05, 0.1) is 17.9 Å². The van der Waals surface area contributed by atoms with E-state index in [2.05, 4.69) is 21.2 Å². The summed E-state index contributed by atoms with van der Waals surface area (Å²) in [6.07, 6.45) is 2.59. The first kappa shape index (κ1) is 14.0. The van der Waals surface area contributed by atoms with Crippen molar-refractivity contribution in [2.45, 2.75) is 24.0 Å². The predicted molar refractivity (Wildman–Crippen MR) is 70.5 cm³/mol. The maximum absolute atomic E-state index is 13.5. The molecule has 7 heteroatoms. The molecule has 5 nitrogen and oxygen atoms in total.